The Morgan fingerprint density at radius 1 is 1.08 bits per heavy atom. The molecular weight excluding hydrogens is 334 g/mol. The van der Waals surface area contributed by atoms with E-state index >= 15 is 0 Å². The fourth-order valence-electron chi connectivity index (χ4n) is 2.60. The van der Waals surface area contributed by atoms with Gasteiger partial charge in [-0.2, -0.15) is 0 Å². The van der Waals surface area contributed by atoms with Gasteiger partial charge in [0.25, 0.3) is 0 Å². The first kappa shape index (κ1) is 17.2. The number of amides is 2. The summed E-state index contributed by atoms with van der Waals surface area (Å²) < 4.78 is 6.22. The summed E-state index contributed by atoms with van der Waals surface area (Å²) >= 11 is 1.54. The normalized spacial score (nSPS) is 11.9. The van der Waals surface area contributed by atoms with Gasteiger partial charge in [-0.15, -0.1) is 11.3 Å². The zero-order chi connectivity index (χ0) is 17.8. The highest BCUT2D eigenvalue weighted by atomic mass is 32.1. The number of ether oxygens (including phenoxy) is 1. The minimum atomic E-state index is -0.430. The molecule has 0 aliphatic heterocycles. The molecule has 4 nitrogen and oxygen atoms in total. The van der Waals surface area contributed by atoms with E-state index in [0.29, 0.717) is 0 Å². The molecule has 1 aromatic heterocycles. The number of thiophene rings is 1. The highest BCUT2D eigenvalue weighted by Gasteiger charge is 2.23. The summed E-state index contributed by atoms with van der Waals surface area (Å²) in [5.74, 6) is 0.195. The summed E-state index contributed by atoms with van der Waals surface area (Å²) in [6, 6.07) is 17.7. The molecule has 0 fully saturated rings. The van der Waals surface area contributed by atoms with Gasteiger partial charge in [0.2, 0.25) is 11.8 Å². The van der Waals surface area contributed by atoms with E-state index in [9.17, 15) is 9.59 Å². The molecule has 0 bridgehead atoms. The van der Waals surface area contributed by atoms with Crippen molar-refractivity contribution in [1.82, 2.24) is 4.90 Å². The Kier molecular flexibility index (Phi) is 5.14. The third kappa shape index (κ3) is 3.88. The van der Waals surface area contributed by atoms with Gasteiger partial charge in [-0.25, -0.2) is 0 Å². The van der Waals surface area contributed by atoms with Crippen LogP contribution < -0.4 is 4.74 Å². The van der Waals surface area contributed by atoms with E-state index in [1.54, 1.807) is 0 Å². The molecule has 2 aromatic carbocycles. The number of hydrogen-bond donors (Lipinski definition) is 0. The van der Waals surface area contributed by atoms with Crippen molar-refractivity contribution in [3.05, 3.63) is 64.9 Å². The molecule has 0 aliphatic carbocycles. The maximum Gasteiger partial charge on any atom is 0.233 e. The van der Waals surface area contributed by atoms with Crippen molar-refractivity contribution >= 4 is 33.9 Å². The number of imide groups is 1. The Bertz CT molecular complexity index is 884. The third-order valence-corrected chi connectivity index (χ3v) is 5.05. The predicted octanol–water partition coefficient (Wildman–Crippen LogP) is 4.42. The Hall–Kier alpha value is -2.66. The van der Waals surface area contributed by atoms with E-state index in [2.05, 4.69) is 0 Å². The SMILES string of the molecule is CC(=O)N(C)C(=O)CC(Oc1cccc2ccccc12)c1cccs1. The van der Waals surface area contributed by atoms with Crippen LogP contribution in [0.25, 0.3) is 10.8 Å². The molecule has 1 atom stereocenters. The third-order valence-electron chi connectivity index (χ3n) is 4.09. The van der Waals surface area contributed by atoms with Crippen LogP contribution in [0.3, 0.4) is 0 Å². The predicted molar refractivity (Wildman–Crippen MR) is 99.7 cm³/mol. The van der Waals surface area contributed by atoms with Crippen molar-refractivity contribution in [2.24, 2.45) is 0 Å². The summed E-state index contributed by atoms with van der Waals surface area (Å²) in [5.41, 5.74) is 0. The second kappa shape index (κ2) is 7.49. The molecule has 1 heterocycles. The smallest absolute Gasteiger partial charge is 0.233 e. The Morgan fingerprint density at radius 3 is 2.56 bits per heavy atom. The molecule has 0 radical (unpaired) electrons. The van der Waals surface area contributed by atoms with Crippen LogP contribution >= 0.6 is 11.3 Å². The van der Waals surface area contributed by atoms with Crippen molar-refractivity contribution < 1.29 is 14.3 Å². The van der Waals surface area contributed by atoms with Crippen molar-refractivity contribution in [3.63, 3.8) is 0 Å². The summed E-state index contributed by atoms with van der Waals surface area (Å²) in [6.07, 6.45) is -0.320. The topological polar surface area (TPSA) is 46.6 Å². The minimum absolute atomic E-state index is 0.111. The van der Waals surface area contributed by atoms with Crippen LogP contribution in [0.5, 0.6) is 5.75 Å². The quantitative estimate of drug-likeness (QED) is 0.682. The number of fused-ring (bicyclic) bond motifs is 1. The number of carbonyl (C=O) groups excluding carboxylic acids is 2. The lowest BCUT2D eigenvalue weighted by Crippen LogP contribution is -2.32. The Morgan fingerprint density at radius 2 is 1.84 bits per heavy atom. The monoisotopic (exact) mass is 353 g/mol. The van der Waals surface area contributed by atoms with Crippen LogP contribution in [-0.2, 0) is 9.59 Å². The first-order chi connectivity index (χ1) is 12.1. The first-order valence-electron chi connectivity index (χ1n) is 8.01. The van der Waals surface area contributed by atoms with Gasteiger partial charge >= 0.3 is 0 Å². The second-order valence-electron chi connectivity index (χ2n) is 5.78. The lowest BCUT2D eigenvalue weighted by atomic mass is 10.1. The lowest BCUT2D eigenvalue weighted by molar-refractivity contribution is -0.142. The van der Waals surface area contributed by atoms with Gasteiger partial charge < -0.3 is 4.74 Å². The van der Waals surface area contributed by atoms with E-state index < -0.39 is 6.10 Å². The molecule has 25 heavy (non-hydrogen) atoms. The number of benzene rings is 2. The average molecular weight is 353 g/mol. The molecule has 0 saturated carbocycles. The minimum Gasteiger partial charge on any atom is -0.484 e. The van der Waals surface area contributed by atoms with E-state index in [1.165, 1.54) is 25.3 Å². The zero-order valence-corrected chi connectivity index (χ0v) is 15.0. The highest BCUT2D eigenvalue weighted by molar-refractivity contribution is 7.10. The van der Waals surface area contributed by atoms with Crippen LogP contribution in [0, 0.1) is 0 Å². The molecule has 0 spiro atoms. The number of rotatable bonds is 5. The van der Waals surface area contributed by atoms with Gasteiger partial charge in [-0.1, -0.05) is 42.5 Å². The van der Waals surface area contributed by atoms with Crippen molar-refractivity contribution in [1.29, 1.82) is 0 Å². The van der Waals surface area contributed by atoms with Crippen LogP contribution in [0.4, 0.5) is 0 Å². The van der Waals surface area contributed by atoms with Gasteiger partial charge in [0.05, 0.1) is 6.42 Å². The second-order valence-corrected chi connectivity index (χ2v) is 6.75. The highest BCUT2D eigenvalue weighted by Crippen LogP contribution is 2.33. The molecule has 0 N–H and O–H groups in total. The van der Waals surface area contributed by atoms with Crippen molar-refractivity contribution in [3.8, 4) is 5.75 Å². The van der Waals surface area contributed by atoms with Gasteiger partial charge in [0.1, 0.15) is 11.9 Å². The van der Waals surface area contributed by atoms with Gasteiger partial charge in [0, 0.05) is 24.2 Å². The van der Waals surface area contributed by atoms with Crippen molar-refractivity contribution in [2.75, 3.05) is 7.05 Å². The average Bonchev–Trinajstić information content (AvgIpc) is 3.15. The van der Waals surface area contributed by atoms with Gasteiger partial charge in [-0.3, -0.25) is 14.5 Å². The molecule has 3 rings (SSSR count). The fraction of sp³-hybridized carbons (Fsp3) is 0.200. The van der Waals surface area contributed by atoms with Crippen LogP contribution in [0.15, 0.2) is 60.0 Å². The summed E-state index contributed by atoms with van der Waals surface area (Å²) in [4.78, 5) is 25.9. The van der Waals surface area contributed by atoms with Crippen LogP contribution in [0.2, 0.25) is 0 Å². The standard InChI is InChI=1S/C20H19NO3S/c1-14(22)21(2)20(23)13-18(19-11-6-12-25-19)24-17-10-5-8-15-7-3-4-9-16(15)17/h3-12,18H,13H2,1-2H3. The first-order valence-corrected chi connectivity index (χ1v) is 8.89. The van der Waals surface area contributed by atoms with E-state index in [1.807, 2.05) is 60.0 Å². The maximum absolute atomic E-state index is 12.4. The number of hydrogen-bond acceptors (Lipinski definition) is 4. The summed E-state index contributed by atoms with van der Waals surface area (Å²) in [6.45, 7) is 1.38. The molecule has 5 heteroatoms. The zero-order valence-electron chi connectivity index (χ0n) is 14.1. The molecule has 128 valence electrons. The maximum atomic E-state index is 12.4. The Labute approximate surface area is 150 Å². The fourth-order valence-corrected chi connectivity index (χ4v) is 3.35. The van der Waals surface area contributed by atoms with Gasteiger partial charge in [-0.05, 0) is 22.9 Å². The number of carbonyl (C=O) groups is 2. The van der Waals surface area contributed by atoms with Crippen molar-refractivity contribution in [2.45, 2.75) is 19.4 Å². The van der Waals surface area contributed by atoms with Crippen LogP contribution in [0.1, 0.15) is 24.3 Å². The van der Waals surface area contributed by atoms with E-state index in [0.717, 1.165) is 26.3 Å². The van der Waals surface area contributed by atoms with E-state index in [4.69, 9.17) is 4.74 Å². The molecule has 2 amide bonds. The largest absolute Gasteiger partial charge is 0.484 e. The summed E-state index contributed by atoms with van der Waals surface area (Å²) in [7, 11) is 1.49. The molecule has 0 saturated heterocycles. The molecule has 1 unspecified atom stereocenters. The van der Waals surface area contributed by atoms with Gasteiger partial charge in [0.15, 0.2) is 0 Å². The summed E-state index contributed by atoms with van der Waals surface area (Å²) in [5, 5.41) is 4.03. The molecule has 3 aromatic rings. The Balaban J connectivity index is 1.90. The number of nitrogens with zero attached hydrogens (tertiary/aromatic N) is 1. The molecule has 0 aliphatic rings. The van der Waals surface area contributed by atoms with Crippen LogP contribution in [-0.4, -0.2) is 23.8 Å². The molecular formula is C20H19NO3S. The van der Waals surface area contributed by atoms with E-state index in [-0.39, 0.29) is 18.2 Å². The lowest BCUT2D eigenvalue weighted by Gasteiger charge is -2.21.